The number of carbonyl (C=O) groups excluding carboxylic acids is 4. The standard InChI is InChI=1S/C42H80N2O9.C2HF3O2/c1-4-6-8-10-12-14-16-18-20-22-24-26-28-30-39(46)52-34-36(33-51-35-37(43)41(48)44-38(32-45)42(49)50-3)53-40(47)31-29-27-25-23-21-19-17-15-13-11-9-7-5-2;3-2(4,5)1(6)7/h36-38,45H,4-35,43H2,1-3H3,(H,44,48);(H,6,7)/t36-,37?,38-;/m0./s1. The van der Waals surface area contributed by atoms with Crippen molar-refractivity contribution in [3.05, 3.63) is 0 Å². The zero-order valence-electron chi connectivity index (χ0n) is 37.1. The number of hydrogen-bond acceptors (Lipinski definition) is 11. The number of carboxylic acid groups (broad SMARTS) is 1. The van der Waals surface area contributed by atoms with Gasteiger partial charge in [-0.3, -0.25) is 14.4 Å². The van der Waals surface area contributed by atoms with E-state index in [4.69, 9.17) is 29.8 Å². The normalized spacial score (nSPS) is 12.7. The molecule has 0 aromatic carbocycles. The van der Waals surface area contributed by atoms with Crippen LogP contribution in [-0.4, -0.2) is 97.9 Å². The molecule has 0 radical (unpaired) electrons. The molecule has 354 valence electrons. The largest absolute Gasteiger partial charge is 0.490 e. The Hall–Kier alpha value is -2.98. The molecular weight excluding hydrogens is 789 g/mol. The van der Waals surface area contributed by atoms with Crippen LogP contribution in [0.3, 0.4) is 0 Å². The van der Waals surface area contributed by atoms with Crippen LogP contribution in [0.15, 0.2) is 0 Å². The maximum absolute atomic E-state index is 12.7. The number of hydrogen-bond donors (Lipinski definition) is 4. The molecule has 16 heteroatoms. The van der Waals surface area contributed by atoms with Gasteiger partial charge in [-0.2, -0.15) is 13.2 Å². The number of carboxylic acids is 1. The molecule has 0 aliphatic heterocycles. The molecule has 0 rings (SSSR count). The quantitative estimate of drug-likeness (QED) is 0.0260. The van der Waals surface area contributed by atoms with Crippen LogP contribution in [0, 0.1) is 0 Å². The molecule has 0 aromatic heterocycles. The molecule has 0 heterocycles. The van der Waals surface area contributed by atoms with Gasteiger partial charge in [-0.15, -0.1) is 0 Å². The summed E-state index contributed by atoms with van der Waals surface area (Å²) in [6.45, 7) is 3.32. The molecule has 13 nitrogen and oxygen atoms in total. The highest BCUT2D eigenvalue weighted by atomic mass is 19.4. The first-order valence-corrected chi connectivity index (χ1v) is 22.7. The van der Waals surface area contributed by atoms with Gasteiger partial charge >= 0.3 is 30.1 Å². The average Bonchev–Trinajstić information content (AvgIpc) is 3.21. The summed E-state index contributed by atoms with van der Waals surface area (Å²) in [5, 5.41) is 18.8. The molecule has 0 bridgehead atoms. The Morgan fingerprint density at radius 3 is 1.32 bits per heavy atom. The number of halogens is 3. The first-order valence-electron chi connectivity index (χ1n) is 22.7. The molecule has 1 amide bonds. The number of alkyl halides is 3. The number of methoxy groups -OCH3 is 1. The minimum Gasteiger partial charge on any atom is -0.475 e. The van der Waals surface area contributed by atoms with Crippen molar-refractivity contribution in [3.8, 4) is 0 Å². The molecule has 0 aromatic rings. The number of ether oxygens (including phenoxy) is 4. The third kappa shape index (κ3) is 39.2. The Morgan fingerprint density at radius 2 is 0.967 bits per heavy atom. The van der Waals surface area contributed by atoms with Crippen LogP contribution in [0.4, 0.5) is 13.2 Å². The topological polar surface area (TPSA) is 201 Å². The van der Waals surface area contributed by atoms with Gasteiger partial charge in [0.25, 0.3) is 0 Å². The fraction of sp³-hybridized carbons (Fsp3) is 0.886. The summed E-state index contributed by atoms with van der Waals surface area (Å²) in [5.74, 6) is -5.01. The predicted octanol–water partition coefficient (Wildman–Crippen LogP) is 9.03. The summed E-state index contributed by atoms with van der Waals surface area (Å²) in [4.78, 5) is 58.1. The van der Waals surface area contributed by atoms with Gasteiger partial charge in [-0.25, -0.2) is 9.59 Å². The van der Waals surface area contributed by atoms with Gasteiger partial charge in [-0.05, 0) is 12.8 Å². The van der Waals surface area contributed by atoms with Gasteiger partial charge in [0.05, 0.1) is 26.9 Å². The summed E-state index contributed by atoms with van der Waals surface area (Å²) in [7, 11) is 1.15. The van der Waals surface area contributed by atoms with Crippen molar-refractivity contribution in [1.29, 1.82) is 0 Å². The molecule has 0 fully saturated rings. The number of carbonyl (C=O) groups is 5. The number of nitrogens with one attached hydrogen (secondary N) is 1. The third-order valence-corrected chi connectivity index (χ3v) is 9.86. The minimum absolute atomic E-state index is 0.127. The first-order chi connectivity index (χ1) is 28.7. The van der Waals surface area contributed by atoms with E-state index < -0.39 is 48.8 Å². The summed E-state index contributed by atoms with van der Waals surface area (Å²) in [5.41, 5.74) is 5.91. The molecule has 0 spiro atoms. The van der Waals surface area contributed by atoms with Gasteiger partial charge in [0.1, 0.15) is 12.6 Å². The Labute approximate surface area is 358 Å². The second-order valence-corrected chi connectivity index (χ2v) is 15.5. The molecule has 0 saturated carbocycles. The fourth-order valence-electron chi connectivity index (χ4n) is 6.20. The van der Waals surface area contributed by atoms with Gasteiger partial charge in [0.2, 0.25) is 5.91 Å². The van der Waals surface area contributed by atoms with Crippen molar-refractivity contribution >= 4 is 29.8 Å². The number of amides is 1. The third-order valence-electron chi connectivity index (χ3n) is 9.86. The highest BCUT2D eigenvalue weighted by Crippen LogP contribution is 2.16. The molecule has 5 N–H and O–H groups in total. The highest BCUT2D eigenvalue weighted by molar-refractivity contribution is 5.87. The lowest BCUT2D eigenvalue weighted by molar-refractivity contribution is -0.192. The monoisotopic (exact) mass is 871 g/mol. The van der Waals surface area contributed by atoms with E-state index in [1.807, 2.05) is 0 Å². The lowest BCUT2D eigenvalue weighted by Crippen LogP contribution is -2.52. The van der Waals surface area contributed by atoms with Crippen molar-refractivity contribution in [2.24, 2.45) is 5.73 Å². The maximum Gasteiger partial charge on any atom is 0.490 e. The molecule has 1 unspecified atom stereocenters. The molecular formula is C44H81F3N2O11. The van der Waals surface area contributed by atoms with Crippen LogP contribution < -0.4 is 11.1 Å². The summed E-state index contributed by atoms with van der Waals surface area (Å²) >= 11 is 0. The van der Waals surface area contributed by atoms with Gasteiger partial charge in [-0.1, -0.05) is 168 Å². The minimum atomic E-state index is -5.08. The van der Waals surface area contributed by atoms with Gasteiger partial charge < -0.3 is 40.2 Å². The van der Waals surface area contributed by atoms with Crippen LogP contribution in [0.2, 0.25) is 0 Å². The van der Waals surface area contributed by atoms with E-state index in [0.29, 0.717) is 6.42 Å². The summed E-state index contributed by atoms with van der Waals surface area (Å²) in [6, 6.07) is -2.40. The van der Waals surface area contributed by atoms with Crippen molar-refractivity contribution in [3.63, 3.8) is 0 Å². The number of rotatable bonds is 39. The smallest absolute Gasteiger partial charge is 0.475 e. The van der Waals surface area contributed by atoms with E-state index in [1.165, 1.54) is 128 Å². The van der Waals surface area contributed by atoms with E-state index in [1.54, 1.807) is 0 Å². The second kappa shape index (κ2) is 41.4. The van der Waals surface area contributed by atoms with Crippen LogP contribution in [0.5, 0.6) is 0 Å². The van der Waals surface area contributed by atoms with E-state index in [0.717, 1.165) is 45.6 Å². The molecule has 60 heavy (non-hydrogen) atoms. The number of aliphatic carboxylic acids is 1. The van der Waals surface area contributed by atoms with Crippen molar-refractivity contribution in [2.45, 2.75) is 218 Å². The first kappa shape index (κ1) is 59.1. The molecule has 0 aliphatic rings. The average molecular weight is 871 g/mol. The van der Waals surface area contributed by atoms with Crippen molar-refractivity contribution < 1.29 is 66.3 Å². The van der Waals surface area contributed by atoms with Crippen LogP contribution in [0.25, 0.3) is 0 Å². The number of esters is 3. The molecule has 0 aliphatic carbocycles. The lowest BCUT2D eigenvalue weighted by atomic mass is 10.0. The molecule has 0 saturated heterocycles. The van der Waals surface area contributed by atoms with Gasteiger partial charge in [0, 0.05) is 12.8 Å². The predicted molar refractivity (Wildman–Crippen MR) is 225 cm³/mol. The SMILES string of the molecule is CCCCCCCCCCCCCCCC(=O)OC[C@H](COCC(N)C(=O)N[C@@H](CO)C(=O)OC)OC(=O)CCCCCCCCCCCCCCC.O=C(O)C(F)(F)F. The van der Waals surface area contributed by atoms with Crippen LogP contribution in [0.1, 0.15) is 194 Å². The fourth-order valence-corrected chi connectivity index (χ4v) is 6.20. The second-order valence-electron chi connectivity index (χ2n) is 15.5. The Kier molecular flexibility index (Phi) is 40.8. The van der Waals surface area contributed by atoms with Gasteiger partial charge in [0.15, 0.2) is 12.1 Å². The zero-order valence-corrected chi connectivity index (χ0v) is 37.1. The Morgan fingerprint density at radius 1 is 0.600 bits per heavy atom. The number of aliphatic hydroxyl groups excluding tert-OH is 1. The van der Waals surface area contributed by atoms with E-state index >= 15 is 0 Å². The van der Waals surface area contributed by atoms with E-state index in [9.17, 15) is 37.5 Å². The summed E-state index contributed by atoms with van der Waals surface area (Å²) in [6.07, 6.45) is 26.3. The van der Waals surface area contributed by atoms with E-state index in [-0.39, 0.29) is 38.2 Å². The van der Waals surface area contributed by atoms with Crippen molar-refractivity contribution in [2.75, 3.05) is 33.5 Å². The highest BCUT2D eigenvalue weighted by Gasteiger charge is 2.38. The Balaban J connectivity index is 0. The van der Waals surface area contributed by atoms with Crippen LogP contribution in [-0.2, 0) is 42.9 Å². The summed E-state index contributed by atoms with van der Waals surface area (Å²) < 4.78 is 53.0. The number of unbranched alkanes of at least 4 members (excludes halogenated alkanes) is 24. The maximum atomic E-state index is 12.7. The lowest BCUT2D eigenvalue weighted by Gasteiger charge is -2.20. The van der Waals surface area contributed by atoms with E-state index in [2.05, 4.69) is 23.9 Å². The Bertz CT molecular complexity index is 1080. The van der Waals surface area contributed by atoms with Crippen molar-refractivity contribution in [1.82, 2.24) is 5.32 Å². The number of aliphatic hydroxyl groups is 1. The van der Waals surface area contributed by atoms with Crippen LogP contribution >= 0.6 is 0 Å². The molecule has 3 atom stereocenters. The number of nitrogens with two attached hydrogens (primary N) is 1. The zero-order chi connectivity index (χ0) is 45.3.